The molecule has 1 amide bonds. The van der Waals surface area contributed by atoms with E-state index < -0.39 is 0 Å². The number of carbonyl (C=O) groups excluding carboxylic acids is 1. The lowest BCUT2D eigenvalue weighted by Crippen LogP contribution is -2.15. The van der Waals surface area contributed by atoms with E-state index in [1.165, 1.54) is 0 Å². The maximum absolute atomic E-state index is 12.5. The van der Waals surface area contributed by atoms with Crippen LogP contribution in [0.1, 0.15) is 33.8 Å². The third kappa shape index (κ3) is 4.88. The monoisotopic (exact) mass is 493 g/mol. The molecular formula is C25H17Cl2N3O4. The highest BCUT2D eigenvalue weighted by Gasteiger charge is 2.27. The van der Waals surface area contributed by atoms with Gasteiger partial charge in [-0.15, -0.1) is 4.91 Å². The van der Waals surface area contributed by atoms with Gasteiger partial charge in [0.2, 0.25) is 0 Å². The van der Waals surface area contributed by atoms with Crippen LogP contribution in [-0.4, -0.2) is 12.5 Å². The zero-order valence-electron chi connectivity index (χ0n) is 17.7. The van der Waals surface area contributed by atoms with Crippen LogP contribution in [0.25, 0.3) is 0 Å². The molecule has 0 aromatic heterocycles. The van der Waals surface area contributed by atoms with Gasteiger partial charge < -0.3 is 14.8 Å². The van der Waals surface area contributed by atoms with Crippen molar-refractivity contribution in [3.05, 3.63) is 98.5 Å². The van der Waals surface area contributed by atoms with Crippen molar-refractivity contribution in [2.75, 3.05) is 11.9 Å². The summed E-state index contributed by atoms with van der Waals surface area (Å²) in [7, 11) is 0. The molecule has 1 aliphatic rings. The molecule has 0 bridgehead atoms. The number of nitroso groups, excluding NO2 is 1. The number of rotatable bonds is 6. The molecule has 4 rings (SSSR count). The van der Waals surface area contributed by atoms with Crippen LogP contribution in [0.2, 0.25) is 10.0 Å². The molecule has 7 nitrogen and oxygen atoms in total. The molecule has 3 aromatic carbocycles. The van der Waals surface area contributed by atoms with E-state index in [1.807, 2.05) is 0 Å². The van der Waals surface area contributed by atoms with E-state index in [0.717, 1.165) is 0 Å². The molecule has 0 aliphatic carbocycles. The number of allylic oxidation sites excluding steroid dienone is 1. The van der Waals surface area contributed by atoms with Gasteiger partial charge in [0.15, 0.2) is 0 Å². The molecule has 0 fully saturated rings. The van der Waals surface area contributed by atoms with Gasteiger partial charge in [0.05, 0.1) is 27.9 Å². The molecular weight excluding hydrogens is 477 g/mol. The van der Waals surface area contributed by atoms with Gasteiger partial charge >= 0.3 is 0 Å². The Hall–Kier alpha value is -3.86. The molecule has 1 atom stereocenters. The summed E-state index contributed by atoms with van der Waals surface area (Å²) in [6.07, 6.45) is 0.550. The Balaban J connectivity index is 1.52. The molecule has 0 spiro atoms. The Bertz CT molecular complexity index is 1330. The number of halogens is 2. The summed E-state index contributed by atoms with van der Waals surface area (Å²) in [6, 6.07) is 16.6. The van der Waals surface area contributed by atoms with E-state index >= 15 is 0 Å². The standard InChI is InChI=1S/C25H17Cl2N3O4/c1-14(30-32)19-8-9-33-24-12-23(16(13-28)10-20(19)24)34-18-5-2-15(3-6-18)25(31)29-17-4-7-21(26)22(27)11-17/h2-7,10-12,19H,1,8-9H2,(H,29,31). The first-order valence-electron chi connectivity index (χ1n) is 10.2. The number of fused-ring (bicyclic) bond motifs is 1. The number of benzene rings is 3. The van der Waals surface area contributed by atoms with Crippen molar-refractivity contribution in [1.29, 1.82) is 5.26 Å². The Labute approximate surface area is 205 Å². The van der Waals surface area contributed by atoms with Crippen LogP contribution in [0.15, 0.2) is 72.1 Å². The van der Waals surface area contributed by atoms with Gasteiger partial charge in [-0.2, -0.15) is 5.26 Å². The fraction of sp³-hybridized carbons (Fsp3) is 0.120. The van der Waals surface area contributed by atoms with Gasteiger partial charge in [0.25, 0.3) is 5.91 Å². The number of hydrogen-bond acceptors (Lipinski definition) is 6. The zero-order chi connectivity index (χ0) is 24.2. The molecule has 1 N–H and O–H groups in total. The molecule has 9 heteroatoms. The zero-order valence-corrected chi connectivity index (χ0v) is 19.2. The quantitative estimate of drug-likeness (QED) is 0.370. The highest BCUT2D eigenvalue weighted by molar-refractivity contribution is 6.42. The number of nitrogens with one attached hydrogen (secondary N) is 1. The van der Waals surface area contributed by atoms with Gasteiger partial charge in [-0.05, 0) is 60.1 Å². The molecule has 1 unspecified atom stereocenters. The number of ether oxygens (including phenoxy) is 2. The Kier molecular flexibility index (Phi) is 6.82. The normalized spacial score (nSPS) is 14.2. The third-order valence-corrected chi connectivity index (χ3v) is 6.05. The van der Waals surface area contributed by atoms with Gasteiger partial charge in [0.1, 0.15) is 23.3 Å². The summed E-state index contributed by atoms with van der Waals surface area (Å²) in [6.45, 7) is 4.09. The number of nitrogens with zero attached hydrogens (tertiary/aromatic N) is 2. The first kappa shape index (κ1) is 23.3. The summed E-state index contributed by atoms with van der Waals surface area (Å²) >= 11 is 11.9. The minimum Gasteiger partial charge on any atom is -0.493 e. The third-order valence-electron chi connectivity index (χ3n) is 5.31. The van der Waals surface area contributed by atoms with Gasteiger partial charge in [-0.25, -0.2) is 0 Å². The molecule has 0 radical (unpaired) electrons. The molecule has 170 valence electrons. The second-order valence-corrected chi connectivity index (χ2v) is 8.29. The number of nitriles is 1. The Morgan fingerprint density at radius 2 is 1.91 bits per heavy atom. The smallest absolute Gasteiger partial charge is 0.255 e. The van der Waals surface area contributed by atoms with E-state index in [2.05, 4.69) is 23.1 Å². The SMILES string of the molecule is C=C(N=O)C1CCOc2cc(Oc3ccc(C(=O)Nc4ccc(Cl)c(Cl)c4)cc3)c(C#N)cc21. The lowest BCUT2D eigenvalue weighted by atomic mass is 9.89. The predicted octanol–water partition coefficient (Wildman–Crippen LogP) is 7.06. The number of carbonyl (C=O) groups is 1. The summed E-state index contributed by atoms with van der Waals surface area (Å²) in [4.78, 5) is 23.5. The number of amides is 1. The van der Waals surface area contributed by atoms with Crippen molar-refractivity contribution in [3.8, 4) is 23.3 Å². The van der Waals surface area contributed by atoms with Crippen molar-refractivity contribution in [3.63, 3.8) is 0 Å². The molecule has 0 saturated heterocycles. The molecule has 3 aromatic rings. The van der Waals surface area contributed by atoms with Crippen molar-refractivity contribution in [1.82, 2.24) is 0 Å². The largest absolute Gasteiger partial charge is 0.493 e. The molecule has 0 saturated carbocycles. The summed E-state index contributed by atoms with van der Waals surface area (Å²) in [5.74, 6) is 0.580. The van der Waals surface area contributed by atoms with Crippen molar-refractivity contribution >= 4 is 34.8 Å². The van der Waals surface area contributed by atoms with Crippen LogP contribution >= 0.6 is 23.2 Å². The maximum Gasteiger partial charge on any atom is 0.255 e. The molecule has 1 heterocycles. The average Bonchev–Trinajstić information content (AvgIpc) is 2.85. The minimum absolute atomic E-state index is 0.192. The van der Waals surface area contributed by atoms with Crippen molar-refractivity contribution in [2.24, 2.45) is 5.18 Å². The van der Waals surface area contributed by atoms with Crippen molar-refractivity contribution in [2.45, 2.75) is 12.3 Å². The van der Waals surface area contributed by atoms with Crippen LogP contribution in [0.3, 0.4) is 0 Å². The van der Waals surface area contributed by atoms with E-state index in [-0.39, 0.29) is 23.1 Å². The maximum atomic E-state index is 12.5. The van der Waals surface area contributed by atoms with Crippen LogP contribution in [0.4, 0.5) is 5.69 Å². The van der Waals surface area contributed by atoms with Crippen LogP contribution < -0.4 is 14.8 Å². The molecule has 1 aliphatic heterocycles. The number of hydrogen-bond donors (Lipinski definition) is 1. The van der Waals surface area contributed by atoms with E-state index in [1.54, 1.807) is 54.6 Å². The minimum atomic E-state index is -0.333. The van der Waals surface area contributed by atoms with Crippen LogP contribution in [-0.2, 0) is 0 Å². The fourth-order valence-corrected chi connectivity index (χ4v) is 3.88. The highest BCUT2D eigenvalue weighted by Crippen LogP contribution is 2.42. The van der Waals surface area contributed by atoms with E-state index in [9.17, 15) is 15.0 Å². The lowest BCUT2D eigenvalue weighted by Gasteiger charge is -2.25. The average molecular weight is 494 g/mol. The second kappa shape index (κ2) is 9.96. The molecule has 34 heavy (non-hydrogen) atoms. The summed E-state index contributed by atoms with van der Waals surface area (Å²) in [5.41, 5.74) is 2.05. The van der Waals surface area contributed by atoms with Crippen molar-refractivity contribution < 1.29 is 14.3 Å². The highest BCUT2D eigenvalue weighted by atomic mass is 35.5. The topological polar surface area (TPSA) is 101 Å². The Morgan fingerprint density at radius 3 is 2.59 bits per heavy atom. The predicted molar refractivity (Wildman–Crippen MR) is 130 cm³/mol. The fourth-order valence-electron chi connectivity index (χ4n) is 3.58. The Morgan fingerprint density at radius 1 is 1.15 bits per heavy atom. The summed E-state index contributed by atoms with van der Waals surface area (Å²) < 4.78 is 11.6. The van der Waals surface area contributed by atoms with Gasteiger partial charge in [0, 0.05) is 28.8 Å². The first-order chi connectivity index (χ1) is 16.4. The van der Waals surface area contributed by atoms with Gasteiger partial charge in [-0.3, -0.25) is 4.79 Å². The first-order valence-corrected chi connectivity index (χ1v) is 10.9. The van der Waals surface area contributed by atoms with Crippen LogP contribution in [0, 0.1) is 16.2 Å². The summed E-state index contributed by atoms with van der Waals surface area (Å²) in [5, 5.41) is 16.1. The van der Waals surface area contributed by atoms with E-state index in [0.29, 0.717) is 57.1 Å². The number of anilines is 1. The van der Waals surface area contributed by atoms with E-state index in [4.69, 9.17) is 32.7 Å². The van der Waals surface area contributed by atoms with Crippen LogP contribution in [0.5, 0.6) is 17.2 Å². The second-order valence-electron chi connectivity index (χ2n) is 7.48. The van der Waals surface area contributed by atoms with Gasteiger partial charge in [-0.1, -0.05) is 29.8 Å². The lowest BCUT2D eigenvalue weighted by molar-refractivity contribution is 0.102.